The first-order chi connectivity index (χ1) is 17.8. The van der Waals surface area contributed by atoms with Gasteiger partial charge in [0.05, 0.1) is 10.2 Å². The third-order valence-electron chi connectivity index (χ3n) is 6.70. The molecule has 1 aromatic heterocycles. The number of nitrogens with one attached hydrogen (secondary N) is 1. The summed E-state index contributed by atoms with van der Waals surface area (Å²) in [7, 11) is 0. The molecular weight excluding hydrogens is 476 g/mol. The van der Waals surface area contributed by atoms with Crippen LogP contribution in [0.4, 0.5) is 5.69 Å². The number of anilines is 1. The molecule has 0 saturated carbocycles. The molecule has 0 aliphatic heterocycles. The van der Waals surface area contributed by atoms with E-state index in [9.17, 15) is 4.79 Å². The van der Waals surface area contributed by atoms with Crippen molar-refractivity contribution >= 4 is 33.1 Å². The third kappa shape index (κ3) is 5.42. The fourth-order valence-electron chi connectivity index (χ4n) is 4.32. The Balaban J connectivity index is 1.21. The summed E-state index contributed by atoms with van der Waals surface area (Å²) in [5.41, 5.74) is 6.29. The lowest BCUT2D eigenvalue weighted by atomic mass is 9.78. The van der Waals surface area contributed by atoms with E-state index in [1.165, 1.54) is 21.4 Å². The quantitative estimate of drug-likeness (QED) is 0.243. The van der Waals surface area contributed by atoms with Gasteiger partial charge in [0, 0.05) is 16.7 Å². The summed E-state index contributed by atoms with van der Waals surface area (Å²) < 4.78 is 7.11. The molecule has 37 heavy (non-hydrogen) atoms. The number of amides is 1. The summed E-state index contributed by atoms with van der Waals surface area (Å²) in [5.74, 6) is 0.466. The highest BCUT2D eigenvalue weighted by Gasteiger charge is 2.23. The molecule has 0 bridgehead atoms. The van der Waals surface area contributed by atoms with Gasteiger partial charge in [-0.1, -0.05) is 62.4 Å². The highest BCUT2D eigenvalue weighted by Crippen LogP contribution is 2.33. The van der Waals surface area contributed by atoms with Gasteiger partial charge in [-0.2, -0.15) is 0 Å². The lowest BCUT2D eigenvalue weighted by Crippen LogP contribution is -2.30. The first-order valence-corrected chi connectivity index (χ1v) is 13.2. The van der Waals surface area contributed by atoms with Gasteiger partial charge >= 0.3 is 0 Å². The Morgan fingerprint density at radius 2 is 1.57 bits per heavy atom. The summed E-state index contributed by atoms with van der Waals surface area (Å²) in [6, 6.07) is 32.5. The van der Waals surface area contributed by atoms with E-state index in [0.29, 0.717) is 5.75 Å². The molecule has 186 valence electrons. The minimum Gasteiger partial charge on any atom is -0.481 e. The number of hydrogen-bond donors (Lipinski definition) is 1. The van der Waals surface area contributed by atoms with Crippen LogP contribution in [-0.4, -0.2) is 17.0 Å². The molecule has 0 radical (unpaired) electrons. The van der Waals surface area contributed by atoms with Crippen LogP contribution in [0.2, 0.25) is 0 Å². The fraction of sp³-hybridized carbons (Fsp3) is 0.188. The molecule has 1 amide bonds. The Labute approximate surface area is 222 Å². The summed E-state index contributed by atoms with van der Waals surface area (Å²) in [5, 5.41) is 3.92. The summed E-state index contributed by atoms with van der Waals surface area (Å²) >= 11 is 1.67. The number of ether oxygens (including phenoxy) is 1. The average molecular weight is 507 g/mol. The van der Waals surface area contributed by atoms with E-state index in [1.807, 2.05) is 42.5 Å². The van der Waals surface area contributed by atoms with Crippen LogP contribution in [0.5, 0.6) is 5.75 Å². The number of fused-ring (bicyclic) bond motifs is 1. The van der Waals surface area contributed by atoms with Crippen LogP contribution in [0.3, 0.4) is 0 Å². The number of nitrogens with zero attached hydrogens (tertiary/aromatic N) is 1. The van der Waals surface area contributed by atoms with Crippen molar-refractivity contribution in [3.8, 4) is 16.3 Å². The molecular formula is C32H30N2O2S. The first-order valence-electron chi connectivity index (χ1n) is 12.4. The molecule has 5 heteroatoms. The number of benzene rings is 4. The lowest BCUT2D eigenvalue weighted by molar-refractivity contribution is -0.122. The molecule has 0 fully saturated rings. The summed E-state index contributed by atoms with van der Waals surface area (Å²) in [6.45, 7) is 8.26. The zero-order valence-electron chi connectivity index (χ0n) is 21.5. The van der Waals surface area contributed by atoms with Crippen LogP contribution in [0, 0.1) is 6.92 Å². The van der Waals surface area contributed by atoms with Gasteiger partial charge in [-0.05, 0) is 79.1 Å². The second kappa shape index (κ2) is 10.2. The minimum absolute atomic E-state index is 0.126. The zero-order valence-corrected chi connectivity index (χ0v) is 22.3. The Bertz CT molecular complexity index is 1520. The van der Waals surface area contributed by atoms with Gasteiger partial charge in [0.15, 0.2) is 6.10 Å². The predicted molar refractivity (Wildman–Crippen MR) is 154 cm³/mol. The Hall–Kier alpha value is -3.96. The van der Waals surface area contributed by atoms with Gasteiger partial charge < -0.3 is 10.1 Å². The van der Waals surface area contributed by atoms with E-state index in [-0.39, 0.29) is 11.3 Å². The second-order valence-corrected chi connectivity index (χ2v) is 10.9. The van der Waals surface area contributed by atoms with E-state index in [2.05, 4.69) is 80.7 Å². The maximum Gasteiger partial charge on any atom is 0.265 e. The maximum absolute atomic E-state index is 12.8. The second-order valence-electron chi connectivity index (χ2n) is 9.83. The van der Waals surface area contributed by atoms with Crippen molar-refractivity contribution < 1.29 is 9.53 Å². The molecule has 0 spiro atoms. The van der Waals surface area contributed by atoms with Crippen LogP contribution < -0.4 is 10.1 Å². The average Bonchev–Trinajstić information content (AvgIpc) is 3.33. The number of aromatic nitrogens is 1. The Morgan fingerprint density at radius 3 is 2.27 bits per heavy atom. The minimum atomic E-state index is -0.639. The highest BCUT2D eigenvalue weighted by molar-refractivity contribution is 7.21. The topological polar surface area (TPSA) is 51.2 Å². The van der Waals surface area contributed by atoms with Gasteiger partial charge in [0.2, 0.25) is 0 Å². The number of thiazole rings is 1. The van der Waals surface area contributed by atoms with Crippen LogP contribution >= 0.6 is 11.3 Å². The monoisotopic (exact) mass is 506 g/mol. The molecule has 1 N–H and O–H groups in total. The van der Waals surface area contributed by atoms with Gasteiger partial charge in [-0.3, -0.25) is 4.79 Å². The summed E-state index contributed by atoms with van der Waals surface area (Å²) in [4.78, 5) is 17.5. The molecule has 4 nitrogen and oxygen atoms in total. The molecule has 1 atom stereocenters. The van der Waals surface area contributed by atoms with Crippen LogP contribution in [0.1, 0.15) is 37.5 Å². The van der Waals surface area contributed by atoms with Crippen LogP contribution in [0.15, 0.2) is 97.1 Å². The third-order valence-corrected chi connectivity index (χ3v) is 7.76. The molecule has 5 rings (SSSR count). The fourth-order valence-corrected chi connectivity index (χ4v) is 5.39. The van der Waals surface area contributed by atoms with E-state index < -0.39 is 6.10 Å². The van der Waals surface area contributed by atoms with Crippen molar-refractivity contribution in [2.24, 2.45) is 0 Å². The van der Waals surface area contributed by atoms with Crippen LogP contribution in [-0.2, 0) is 10.2 Å². The number of aryl methyl sites for hydroxylation is 1. The zero-order chi connectivity index (χ0) is 26.0. The van der Waals surface area contributed by atoms with Gasteiger partial charge in [0.1, 0.15) is 10.8 Å². The molecule has 0 aliphatic rings. The summed E-state index contributed by atoms with van der Waals surface area (Å²) in [6.07, 6.45) is -0.639. The number of hydrogen-bond acceptors (Lipinski definition) is 4. The molecule has 1 heterocycles. The molecule has 1 unspecified atom stereocenters. The van der Waals surface area contributed by atoms with Crippen molar-refractivity contribution in [3.63, 3.8) is 0 Å². The van der Waals surface area contributed by atoms with Crippen LogP contribution in [0.25, 0.3) is 20.8 Å². The Kier molecular flexibility index (Phi) is 6.81. The first kappa shape index (κ1) is 24.7. The van der Waals surface area contributed by atoms with Crippen molar-refractivity contribution in [3.05, 3.63) is 114 Å². The normalized spacial score (nSPS) is 12.3. The highest BCUT2D eigenvalue weighted by atomic mass is 32.1. The molecule has 0 aliphatic carbocycles. The standard InChI is InChI=1S/C32H30N2O2S/c1-21-10-19-28-29(20-21)37-31(34-28)23-11-15-26(16-12-23)33-30(35)22(2)36-27-17-13-25(14-18-27)32(3,4)24-8-6-5-7-9-24/h5-20,22H,1-4H3,(H,33,35). The molecule has 4 aromatic carbocycles. The van der Waals surface area contributed by atoms with Crippen molar-refractivity contribution in [1.29, 1.82) is 0 Å². The van der Waals surface area contributed by atoms with Gasteiger partial charge in [-0.15, -0.1) is 11.3 Å². The maximum atomic E-state index is 12.8. The molecule has 5 aromatic rings. The smallest absolute Gasteiger partial charge is 0.265 e. The van der Waals surface area contributed by atoms with E-state index in [4.69, 9.17) is 9.72 Å². The predicted octanol–water partition coefficient (Wildman–Crippen LogP) is 8.00. The lowest BCUT2D eigenvalue weighted by Gasteiger charge is -2.26. The SMILES string of the molecule is Cc1ccc2nc(-c3ccc(NC(=O)C(C)Oc4ccc(C(C)(C)c5ccccc5)cc4)cc3)sc2c1. The van der Waals surface area contributed by atoms with Crippen molar-refractivity contribution in [1.82, 2.24) is 4.98 Å². The Morgan fingerprint density at radius 1 is 0.892 bits per heavy atom. The van der Waals surface area contributed by atoms with E-state index >= 15 is 0 Å². The largest absolute Gasteiger partial charge is 0.481 e. The van der Waals surface area contributed by atoms with E-state index in [1.54, 1.807) is 18.3 Å². The molecule has 0 saturated heterocycles. The number of rotatable bonds is 7. The van der Waals surface area contributed by atoms with Crippen molar-refractivity contribution in [2.45, 2.75) is 39.2 Å². The number of carbonyl (C=O) groups is 1. The van der Waals surface area contributed by atoms with Crippen molar-refractivity contribution in [2.75, 3.05) is 5.32 Å². The van der Waals surface area contributed by atoms with Gasteiger partial charge in [-0.25, -0.2) is 4.98 Å². The van der Waals surface area contributed by atoms with E-state index in [0.717, 1.165) is 21.8 Å². The van der Waals surface area contributed by atoms with Gasteiger partial charge in [0.25, 0.3) is 5.91 Å². The number of carbonyl (C=O) groups excluding carboxylic acids is 1.